The quantitative estimate of drug-likeness (QED) is 0.391. The van der Waals surface area contributed by atoms with Crippen LogP contribution in [0.15, 0.2) is 47.4 Å². The van der Waals surface area contributed by atoms with E-state index < -0.39 is 28.4 Å². The number of nitrogens with zero attached hydrogens (tertiary/aromatic N) is 1. The van der Waals surface area contributed by atoms with E-state index in [2.05, 4.69) is 5.32 Å². The van der Waals surface area contributed by atoms with Gasteiger partial charge in [0.2, 0.25) is 15.9 Å². The topological polar surface area (TPSA) is 119 Å². The first-order chi connectivity index (χ1) is 15.7. The van der Waals surface area contributed by atoms with E-state index in [0.717, 1.165) is 0 Å². The van der Waals surface area contributed by atoms with Gasteiger partial charge in [-0.2, -0.15) is 4.31 Å². The molecule has 9 nitrogen and oxygen atoms in total. The summed E-state index contributed by atoms with van der Waals surface area (Å²) in [6.45, 7) is 5.14. The number of amides is 1. The number of anilines is 1. The van der Waals surface area contributed by atoms with E-state index in [1.54, 1.807) is 32.9 Å². The van der Waals surface area contributed by atoms with Crippen LogP contribution in [0.25, 0.3) is 0 Å². The molecule has 2 aromatic rings. The molecule has 0 aliphatic carbocycles. The van der Waals surface area contributed by atoms with Gasteiger partial charge < -0.3 is 14.8 Å². The zero-order chi connectivity index (χ0) is 24.6. The molecule has 1 amide bonds. The van der Waals surface area contributed by atoms with Crippen molar-refractivity contribution in [1.29, 1.82) is 0 Å². The van der Waals surface area contributed by atoms with Crippen molar-refractivity contribution in [2.24, 2.45) is 0 Å². The second-order valence-corrected chi connectivity index (χ2v) is 8.84. The summed E-state index contributed by atoms with van der Waals surface area (Å²) in [5.74, 6) is -1.33. The van der Waals surface area contributed by atoms with Crippen molar-refractivity contribution in [1.82, 2.24) is 4.31 Å². The third kappa shape index (κ3) is 6.39. The van der Waals surface area contributed by atoms with Gasteiger partial charge in [-0.25, -0.2) is 13.2 Å². The molecule has 0 heterocycles. The lowest BCUT2D eigenvalue weighted by atomic mass is 10.1. The van der Waals surface area contributed by atoms with Crippen LogP contribution in [-0.4, -0.2) is 57.2 Å². The summed E-state index contributed by atoms with van der Waals surface area (Å²) in [5, 5.41) is 2.67. The molecule has 0 aliphatic rings. The lowest BCUT2D eigenvalue weighted by Crippen LogP contribution is -2.31. The fourth-order valence-electron chi connectivity index (χ4n) is 2.99. The molecule has 0 spiro atoms. The third-order valence-electron chi connectivity index (χ3n) is 4.87. The van der Waals surface area contributed by atoms with Gasteiger partial charge in [-0.3, -0.25) is 9.59 Å². The molecule has 0 aromatic heterocycles. The van der Waals surface area contributed by atoms with E-state index in [0.29, 0.717) is 17.7 Å². The first-order valence-corrected chi connectivity index (χ1v) is 11.9. The van der Waals surface area contributed by atoms with Crippen molar-refractivity contribution in [2.45, 2.75) is 32.1 Å². The molecular formula is C23H28N2O7S. The number of hydrogen-bond donors (Lipinski definition) is 1. The molecule has 10 heteroatoms. The van der Waals surface area contributed by atoms with Crippen LogP contribution in [-0.2, 0) is 19.6 Å². The number of carbonyl (C=O) groups excluding carboxylic acids is 3. The molecule has 0 unspecified atom stereocenters. The minimum absolute atomic E-state index is 0.0213. The highest BCUT2D eigenvalue weighted by Gasteiger charge is 2.27. The molecule has 2 aromatic carbocycles. The third-order valence-corrected chi connectivity index (χ3v) is 6.94. The Labute approximate surface area is 193 Å². The van der Waals surface area contributed by atoms with Gasteiger partial charge in [-0.15, -0.1) is 0 Å². The molecule has 178 valence electrons. The number of hydrogen-bond acceptors (Lipinski definition) is 7. The van der Waals surface area contributed by atoms with Crippen molar-refractivity contribution < 1.29 is 32.3 Å². The Balaban J connectivity index is 2.14. The maximum atomic E-state index is 12.9. The molecule has 0 fully saturated rings. The minimum Gasteiger partial charge on any atom is -0.495 e. The Bertz CT molecular complexity index is 1110. The highest BCUT2D eigenvalue weighted by molar-refractivity contribution is 7.89. The maximum absolute atomic E-state index is 12.9. The standard InChI is InChI=1S/C23H28N2O7S/c1-5-22(27)24-18-11-8-16(9-12-18)19(26)15-32-23(28)17-10-13-20(31-4)21(14-17)33(29,30)25(6-2)7-3/h8-14H,5-7,15H2,1-4H3,(H,24,27). The van der Waals surface area contributed by atoms with Crippen molar-refractivity contribution in [2.75, 3.05) is 32.1 Å². The van der Waals surface area contributed by atoms with E-state index in [9.17, 15) is 22.8 Å². The van der Waals surface area contributed by atoms with Crippen molar-refractivity contribution >= 4 is 33.4 Å². The highest BCUT2D eigenvalue weighted by atomic mass is 32.2. The summed E-state index contributed by atoms with van der Waals surface area (Å²) in [5.41, 5.74) is 0.833. The molecular weight excluding hydrogens is 448 g/mol. The van der Waals surface area contributed by atoms with Crippen molar-refractivity contribution in [3.63, 3.8) is 0 Å². The number of ketones is 1. The maximum Gasteiger partial charge on any atom is 0.338 e. The number of sulfonamides is 1. The number of esters is 1. The summed E-state index contributed by atoms with van der Waals surface area (Å²) in [6, 6.07) is 10.1. The van der Waals surface area contributed by atoms with Crippen LogP contribution in [0.1, 0.15) is 47.9 Å². The molecule has 0 aliphatic heterocycles. The van der Waals surface area contributed by atoms with Gasteiger partial charge in [0, 0.05) is 30.8 Å². The first kappa shape index (κ1) is 26.0. The lowest BCUT2D eigenvalue weighted by molar-refractivity contribution is -0.115. The Morgan fingerprint density at radius 3 is 2.09 bits per heavy atom. The number of nitrogens with one attached hydrogen (secondary N) is 1. The van der Waals surface area contributed by atoms with Gasteiger partial charge in [0.25, 0.3) is 0 Å². The molecule has 0 bridgehead atoms. The zero-order valence-electron chi connectivity index (χ0n) is 19.1. The summed E-state index contributed by atoms with van der Waals surface area (Å²) in [4.78, 5) is 36.2. The van der Waals surface area contributed by atoms with Crippen LogP contribution < -0.4 is 10.1 Å². The predicted molar refractivity (Wildman–Crippen MR) is 123 cm³/mol. The van der Waals surface area contributed by atoms with Gasteiger partial charge in [-0.1, -0.05) is 20.8 Å². The van der Waals surface area contributed by atoms with E-state index in [4.69, 9.17) is 9.47 Å². The predicted octanol–water partition coefficient (Wildman–Crippen LogP) is 3.11. The first-order valence-electron chi connectivity index (χ1n) is 10.5. The van der Waals surface area contributed by atoms with Gasteiger partial charge >= 0.3 is 5.97 Å². The number of ether oxygens (including phenoxy) is 2. The molecule has 0 atom stereocenters. The summed E-state index contributed by atoms with van der Waals surface area (Å²) >= 11 is 0. The molecule has 1 N–H and O–H groups in total. The Kier molecular flexibility index (Phi) is 9.12. The average Bonchev–Trinajstić information content (AvgIpc) is 2.82. The van der Waals surface area contributed by atoms with Crippen molar-refractivity contribution in [3.05, 3.63) is 53.6 Å². The normalized spacial score (nSPS) is 11.2. The van der Waals surface area contributed by atoms with E-state index in [-0.39, 0.29) is 35.2 Å². The largest absolute Gasteiger partial charge is 0.495 e. The monoisotopic (exact) mass is 476 g/mol. The zero-order valence-corrected chi connectivity index (χ0v) is 19.9. The summed E-state index contributed by atoms with van der Waals surface area (Å²) in [6.07, 6.45) is 0.333. The number of methoxy groups -OCH3 is 1. The van der Waals surface area contributed by atoms with Crippen LogP contribution in [0.2, 0.25) is 0 Å². The Morgan fingerprint density at radius 2 is 1.55 bits per heavy atom. The minimum atomic E-state index is -3.89. The van der Waals surface area contributed by atoms with Crippen LogP contribution in [0.5, 0.6) is 5.75 Å². The second kappa shape index (κ2) is 11.6. The number of Topliss-reactive ketones (excluding diaryl/α,β-unsaturated/α-hetero) is 1. The summed E-state index contributed by atoms with van der Waals surface area (Å²) in [7, 11) is -2.55. The molecule has 33 heavy (non-hydrogen) atoms. The number of benzene rings is 2. The van der Waals surface area contributed by atoms with E-state index in [1.165, 1.54) is 41.7 Å². The summed E-state index contributed by atoms with van der Waals surface area (Å²) < 4.78 is 37.4. The smallest absolute Gasteiger partial charge is 0.338 e. The van der Waals surface area contributed by atoms with Crippen molar-refractivity contribution in [3.8, 4) is 5.75 Å². The fourth-order valence-corrected chi connectivity index (χ4v) is 4.63. The van der Waals surface area contributed by atoms with Crippen LogP contribution in [0, 0.1) is 0 Å². The molecule has 0 radical (unpaired) electrons. The number of rotatable bonds is 11. The van der Waals surface area contributed by atoms with Crippen LogP contribution in [0.3, 0.4) is 0 Å². The van der Waals surface area contributed by atoms with Gasteiger partial charge in [-0.05, 0) is 42.5 Å². The Morgan fingerprint density at radius 1 is 0.939 bits per heavy atom. The van der Waals surface area contributed by atoms with Crippen LogP contribution >= 0.6 is 0 Å². The van der Waals surface area contributed by atoms with Crippen LogP contribution in [0.4, 0.5) is 5.69 Å². The molecule has 0 saturated heterocycles. The fraction of sp³-hybridized carbons (Fsp3) is 0.348. The van der Waals surface area contributed by atoms with Gasteiger partial charge in [0.15, 0.2) is 12.4 Å². The molecule has 0 saturated carbocycles. The van der Waals surface area contributed by atoms with E-state index in [1.807, 2.05) is 0 Å². The molecule has 2 rings (SSSR count). The lowest BCUT2D eigenvalue weighted by Gasteiger charge is -2.20. The second-order valence-electron chi connectivity index (χ2n) is 6.93. The van der Waals surface area contributed by atoms with Gasteiger partial charge in [0.1, 0.15) is 10.6 Å². The number of carbonyl (C=O) groups is 3. The Hall–Kier alpha value is -3.24. The highest BCUT2D eigenvalue weighted by Crippen LogP contribution is 2.28. The van der Waals surface area contributed by atoms with E-state index >= 15 is 0 Å². The average molecular weight is 477 g/mol. The SMILES string of the molecule is CCC(=O)Nc1ccc(C(=O)COC(=O)c2ccc(OC)c(S(=O)(=O)N(CC)CC)c2)cc1. The van der Waals surface area contributed by atoms with Gasteiger partial charge in [0.05, 0.1) is 12.7 Å².